The van der Waals surface area contributed by atoms with Crippen molar-refractivity contribution in [1.82, 2.24) is 0 Å². The standard InChI is InChI=1S/C15H27P3Se4.C3H9P.2ClH.Pt/c1-10(2,3)13-16(19)14(11(4,5)6)18(22-13)15(21-14,17(13)20)12(7,8)9;1-4(2)3;;;/h1-9H3;1-3H3;2*1H;/q;;;;+2/p-2/t13?,14-,15-,16?,17?,18?;;;;/m0..../s1. The van der Waals surface area contributed by atoms with Crippen molar-refractivity contribution in [1.29, 1.82) is 0 Å². The molecule has 3 rings (SSSR count). The van der Waals surface area contributed by atoms with Crippen molar-refractivity contribution in [3.63, 3.8) is 0 Å². The van der Waals surface area contributed by atoms with Gasteiger partial charge in [-0.3, -0.25) is 0 Å². The topological polar surface area (TPSA) is 0 Å². The fourth-order valence-electron chi connectivity index (χ4n) is 3.79. The van der Waals surface area contributed by atoms with Crippen LogP contribution in [0.1, 0.15) is 62.3 Å². The van der Waals surface area contributed by atoms with E-state index in [1.807, 2.05) is 0 Å². The number of hydrogen-bond acceptors (Lipinski definition) is 0. The summed E-state index contributed by atoms with van der Waals surface area (Å²) in [5.41, 5.74) is 1.45. The van der Waals surface area contributed by atoms with E-state index in [1.54, 1.807) is 0 Å². The molecule has 2 unspecified atom stereocenters. The molecule has 0 aromatic heterocycles. The van der Waals surface area contributed by atoms with Crippen molar-refractivity contribution in [2.24, 2.45) is 16.2 Å². The molecule has 11 heteroatoms. The molecule has 0 saturated carbocycles. The summed E-state index contributed by atoms with van der Waals surface area (Å²) in [6.07, 6.45) is 0. The summed E-state index contributed by atoms with van der Waals surface area (Å²) >= 11 is 8.91. The Morgan fingerprint density at radius 1 is 0.724 bits per heavy atom. The number of hydrogen-bond donors (Lipinski definition) is 0. The molecule has 0 N–H and O–H groups in total. The molecule has 3 heterocycles. The zero-order chi connectivity index (χ0) is 23.4. The van der Waals surface area contributed by atoms with Gasteiger partial charge in [0.15, 0.2) is 0 Å². The molecule has 3 aliphatic rings. The van der Waals surface area contributed by atoms with Crippen LogP contribution in [-0.2, 0) is 16.5 Å². The Kier molecular flexibility index (Phi) is 12.0. The predicted octanol–water partition coefficient (Wildman–Crippen LogP) is 7.80. The molecule has 3 saturated heterocycles. The third-order valence-electron chi connectivity index (χ3n) is 5.09. The Morgan fingerprint density at radius 2 is 0.966 bits per heavy atom. The van der Waals surface area contributed by atoms with Gasteiger partial charge in [0.05, 0.1) is 0 Å². The van der Waals surface area contributed by atoms with Crippen LogP contribution in [0.3, 0.4) is 0 Å². The van der Waals surface area contributed by atoms with E-state index in [1.165, 1.54) is 0 Å². The van der Waals surface area contributed by atoms with Gasteiger partial charge >= 0.3 is 206 Å². The van der Waals surface area contributed by atoms with E-state index in [9.17, 15) is 0 Å². The average Bonchev–Trinajstić information content (AvgIpc) is 2.76. The Morgan fingerprint density at radius 3 is 1.14 bits per heavy atom. The van der Waals surface area contributed by atoms with E-state index in [2.05, 4.69) is 113 Å². The summed E-state index contributed by atoms with van der Waals surface area (Å²) in [4.78, 5) is 0. The molecular formula is C18H36Cl2P4PtSe4. The third kappa shape index (κ3) is 5.10. The molecule has 0 aromatic carbocycles. The van der Waals surface area contributed by atoms with E-state index in [0.29, 0.717) is 28.0 Å². The molecule has 0 spiro atoms. The van der Waals surface area contributed by atoms with Crippen LogP contribution in [0.25, 0.3) is 0 Å². The van der Waals surface area contributed by atoms with Crippen molar-refractivity contribution < 1.29 is 16.5 Å². The van der Waals surface area contributed by atoms with Gasteiger partial charge in [-0.05, 0) is 20.0 Å². The first kappa shape index (κ1) is 32.1. The molecule has 3 aliphatic heterocycles. The van der Waals surface area contributed by atoms with Gasteiger partial charge < -0.3 is 0 Å². The molecule has 4 atom stereocenters. The zero-order valence-electron chi connectivity index (χ0n) is 19.5. The summed E-state index contributed by atoms with van der Waals surface area (Å²) in [5, 5.41) is 0. The van der Waals surface area contributed by atoms with Crippen LogP contribution in [0.15, 0.2) is 0 Å². The third-order valence-corrected chi connectivity index (χ3v) is 62.0. The molecule has 0 aromatic rings. The Hall–Kier alpha value is 5.07. The van der Waals surface area contributed by atoms with Crippen LogP contribution in [0.5, 0.6) is 0 Å². The number of fused-ring (bicyclic) bond motifs is 1. The Balaban J connectivity index is 0.000000526. The van der Waals surface area contributed by atoms with Gasteiger partial charge in [-0.2, -0.15) is 0 Å². The van der Waals surface area contributed by atoms with Gasteiger partial charge in [0.1, 0.15) is 0 Å². The van der Waals surface area contributed by atoms with Crippen LogP contribution in [0.2, 0.25) is 0 Å². The molecule has 0 aliphatic carbocycles. The second-order valence-corrected chi connectivity index (χ2v) is 40.4. The molecule has 176 valence electrons. The zero-order valence-corrected chi connectivity index (χ0v) is 33.7. The van der Waals surface area contributed by atoms with E-state index in [-0.39, 0.29) is 19.8 Å². The van der Waals surface area contributed by atoms with Gasteiger partial charge in [-0.1, -0.05) is 0 Å². The van der Waals surface area contributed by atoms with E-state index >= 15 is 0 Å². The fourth-order valence-corrected chi connectivity index (χ4v) is 84.5. The maximum atomic E-state index is 4.88. The molecule has 3 fully saturated rings. The van der Waals surface area contributed by atoms with Crippen molar-refractivity contribution >= 4 is 107 Å². The molecule has 0 amide bonds. The second kappa shape index (κ2) is 10.8. The summed E-state index contributed by atoms with van der Waals surface area (Å²) in [7, 11) is 10.1. The number of halogens is 2. The first-order valence-electron chi connectivity index (χ1n) is 9.33. The summed E-state index contributed by atoms with van der Waals surface area (Å²) in [5.74, 6) is 0. The SMILES string of the molecule is CC(C)(C)C12[Se]P3[C@@](C(C)(C)C)([Se][C@@]3(C(C)(C)C)P1[Se])P2[Se].CP(C)C.[Cl][Pt][Cl]. The van der Waals surface area contributed by atoms with Gasteiger partial charge in [0.25, 0.3) is 0 Å². The molecule has 2 bridgehead atoms. The predicted molar refractivity (Wildman–Crippen MR) is 147 cm³/mol. The van der Waals surface area contributed by atoms with Crippen LogP contribution in [0, 0.1) is 16.2 Å². The Labute approximate surface area is 230 Å². The first-order valence-corrected chi connectivity index (χ1v) is 30.9. The van der Waals surface area contributed by atoms with Gasteiger partial charge in [-0.25, -0.2) is 0 Å². The monoisotopic (exact) mass is 961 g/mol. The molecule has 29 heavy (non-hydrogen) atoms. The van der Waals surface area contributed by atoms with Gasteiger partial charge in [-0.15, -0.1) is 7.92 Å². The molecular weight excluding hydrogens is 922 g/mol. The Bertz CT molecular complexity index is 557. The van der Waals surface area contributed by atoms with Crippen LogP contribution < -0.4 is 0 Å². The minimum absolute atomic E-state index is 0.0199. The van der Waals surface area contributed by atoms with Crippen molar-refractivity contribution in [3.05, 3.63) is 0 Å². The second-order valence-electron chi connectivity index (χ2n) is 11.0. The summed E-state index contributed by atoms with van der Waals surface area (Å²) < 4.78 is 2.11. The van der Waals surface area contributed by atoms with E-state index in [4.69, 9.17) is 18.8 Å². The minimum atomic E-state index is -0.472. The van der Waals surface area contributed by atoms with Crippen LogP contribution >= 0.6 is 46.6 Å². The van der Waals surface area contributed by atoms with Crippen LogP contribution in [0.4, 0.5) is 0 Å². The summed E-state index contributed by atoms with van der Waals surface area (Å²) in [6, 6.07) is 0. The van der Waals surface area contributed by atoms with E-state index < -0.39 is 16.5 Å². The van der Waals surface area contributed by atoms with Gasteiger partial charge in [0, 0.05) is 0 Å². The number of rotatable bonds is 0. The average molecular weight is 958 g/mol. The normalized spacial score (nSPS) is 40.8. The van der Waals surface area contributed by atoms with Crippen molar-refractivity contribution in [2.75, 3.05) is 20.0 Å². The molecule has 0 nitrogen and oxygen atoms in total. The van der Waals surface area contributed by atoms with Crippen LogP contribution in [-0.4, -0.2) is 92.0 Å². The summed E-state index contributed by atoms with van der Waals surface area (Å²) in [6.45, 7) is 30.0. The first-order chi connectivity index (χ1) is 12.8. The maximum absolute atomic E-state index is 4.88. The van der Waals surface area contributed by atoms with Gasteiger partial charge in [0.2, 0.25) is 0 Å². The van der Waals surface area contributed by atoms with E-state index in [0.717, 1.165) is 37.1 Å². The van der Waals surface area contributed by atoms with Crippen molar-refractivity contribution in [3.8, 4) is 0 Å². The quantitative estimate of drug-likeness (QED) is 0.172. The fraction of sp³-hybridized carbons (Fsp3) is 1.00. The van der Waals surface area contributed by atoms with Crippen molar-refractivity contribution in [2.45, 2.75) is 73.7 Å². The molecule has 2 radical (unpaired) electrons.